The molecule has 0 radical (unpaired) electrons. The van der Waals surface area contributed by atoms with Crippen LogP contribution in [0.1, 0.15) is 36.1 Å². The van der Waals surface area contributed by atoms with Gasteiger partial charge in [-0.3, -0.25) is 4.79 Å². The lowest BCUT2D eigenvalue weighted by atomic mass is 9.98. The van der Waals surface area contributed by atoms with Gasteiger partial charge in [-0.2, -0.15) is 4.31 Å². The second-order valence-corrected chi connectivity index (χ2v) is 8.32. The van der Waals surface area contributed by atoms with Crippen LogP contribution in [0.4, 0.5) is 5.69 Å². The van der Waals surface area contributed by atoms with Crippen molar-refractivity contribution in [2.24, 2.45) is 0 Å². The third-order valence-electron chi connectivity index (χ3n) is 4.68. The number of nitrogens with zero attached hydrogens (tertiary/aromatic N) is 3. The van der Waals surface area contributed by atoms with Crippen molar-refractivity contribution in [2.45, 2.75) is 37.0 Å². The molecule has 1 aromatic carbocycles. The van der Waals surface area contributed by atoms with Crippen molar-refractivity contribution < 1.29 is 17.6 Å². The fourth-order valence-electron chi connectivity index (χ4n) is 3.34. The summed E-state index contributed by atoms with van der Waals surface area (Å²) in [6, 6.07) is 4.80. The van der Waals surface area contributed by atoms with Crippen molar-refractivity contribution in [1.82, 2.24) is 14.5 Å². The van der Waals surface area contributed by atoms with Crippen molar-refractivity contribution in [3.05, 3.63) is 35.5 Å². The third-order valence-corrected chi connectivity index (χ3v) is 6.58. The molecule has 0 atom stereocenters. The highest BCUT2D eigenvalue weighted by atomic mass is 32.2. The molecule has 9 heteroatoms. The van der Waals surface area contributed by atoms with Gasteiger partial charge in [-0.05, 0) is 36.6 Å². The van der Waals surface area contributed by atoms with Gasteiger partial charge in [0.2, 0.25) is 27.7 Å². The summed E-state index contributed by atoms with van der Waals surface area (Å²) in [7, 11) is -3.57. The van der Waals surface area contributed by atoms with Crippen LogP contribution in [0.15, 0.2) is 27.5 Å². The average molecular weight is 362 g/mol. The maximum Gasteiger partial charge on any atom is 0.243 e. The number of hydrogen-bond acceptors (Lipinski definition) is 6. The number of fused-ring (bicyclic) bond motifs is 1. The van der Waals surface area contributed by atoms with Gasteiger partial charge < -0.3 is 9.73 Å². The van der Waals surface area contributed by atoms with Gasteiger partial charge in [0.05, 0.1) is 11.3 Å². The van der Waals surface area contributed by atoms with Crippen LogP contribution in [0.25, 0.3) is 0 Å². The second-order valence-electron chi connectivity index (χ2n) is 6.38. The van der Waals surface area contributed by atoms with Crippen LogP contribution in [0.2, 0.25) is 0 Å². The Bertz CT molecular complexity index is 929. The maximum atomic E-state index is 12.9. The molecule has 4 rings (SSSR count). The summed E-state index contributed by atoms with van der Waals surface area (Å²) in [5.41, 5.74) is 1.41. The first-order chi connectivity index (χ1) is 11.9. The van der Waals surface area contributed by atoms with Gasteiger partial charge in [0.15, 0.2) is 0 Å². The molecule has 8 nitrogen and oxygen atoms in total. The van der Waals surface area contributed by atoms with Gasteiger partial charge in [-0.25, -0.2) is 8.42 Å². The summed E-state index contributed by atoms with van der Waals surface area (Å²) in [6.45, 7) is 2.55. The lowest BCUT2D eigenvalue weighted by Gasteiger charge is -2.29. The quantitative estimate of drug-likeness (QED) is 0.886. The van der Waals surface area contributed by atoms with E-state index in [-0.39, 0.29) is 23.1 Å². The summed E-state index contributed by atoms with van der Waals surface area (Å²) in [6.07, 6.45) is 1.51. The molecule has 3 heterocycles. The molecule has 1 fully saturated rings. The Labute approximate surface area is 145 Å². The number of benzene rings is 1. The van der Waals surface area contributed by atoms with E-state index in [9.17, 15) is 13.2 Å². The molecule has 2 aromatic rings. The predicted octanol–water partition coefficient (Wildman–Crippen LogP) is 1.44. The van der Waals surface area contributed by atoms with Gasteiger partial charge >= 0.3 is 0 Å². The molecule has 1 N–H and O–H groups in total. The van der Waals surface area contributed by atoms with Gasteiger partial charge in [0.25, 0.3) is 0 Å². The molecule has 0 saturated carbocycles. The molecule has 132 valence electrons. The normalized spacial score (nSPS) is 19.0. The molecule has 25 heavy (non-hydrogen) atoms. The molecular formula is C16H18N4O4S. The number of carbonyl (C=O) groups is 1. The first-order valence-corrected chi connectivity index (χ1v) is 9.60. The fourth-order valence-corrected chi connectivity index (χ4v) is 4.86. The number of piperidine rings is 1. The van der Waals surface area contributed by atoms with Crippen LogP contribution in [0.3, 0.4) is 0 Å². The lowest BCUT2D eigenvalue weighted by Crippen LogP contribution is -2.38. The van der Waals surface area contributed by atoms with Crippen LogP contribution in [-0.2, 0) is 21.2 Å². The zero-order valence-corrected chi connectivity index (χ0v) is 14.5. The first kappa shape index (κ1) is 16.2. The number of carbonyl (C=O) groups excluding carboxylic acids is 1. The largest absolute Gasteiger partial charge is 0.425 e. The van der Waals surface area contributed by atoms with Crippen molar-refractivity contribution in [1.29, 1.82) is 0 Å². The summed E-state index contributed by atoms with van der Waals surface area (Å²) >= 11 is 0. The smallest absolute Gasteiger partial charge is 0.243 e. The molecule has 0 unspecified atom stereocenters. The molecule has 2 aliphatic rings. The van der Waals surface area contributed by atoms with Crippen molar-refractivity contribution in [3.63, 3.8) is 0 Å². The number of hydrogen-bond donors (Lipinski definition) is 1. The third kappa shape index (κ3) is 2.93. The van der Waals surface area contributed by atoms with Crippen LogP contribution >= 0.6 is 0 Å². The number of sulfonamides is 1. The Hall–Kier alpha value is -2.26. The molecule has 1 saturated heterocycles. The Morgan fingerprint density at radius 3 is 2.68 bits per heavy atom. The summed E-state index contributed by atoms with van der Waals surface area (Å²) < 4.78 is 32.7. The number of nitrogens with one attached hydrogen (secondary N) is 1. The lowest BCUT2D eigenvalue weighted by molar-refractivity contribution is -0.115. The van der Waals surface area contributed by atoms with E-state index in [1.165, 1.54) is 4.31 Å². The van der Waals surface area contributed by atoms with Crippen LogP contribution < -0.4 is 5.32 Å². The molecule has 2 aliphatic heterocycles. The van der Waals surface area contributed by atoms with Gasteiger partial charge in [-0.15, -0.1) is 10.2 Å². The highest BCUT2D eigenvalue weighted by Gasteiger charge is 2.32. The van der Waals surface area contributed by atoms with E-state index in [2.05, 4.69) is 15.5 Å². The number of anilines is 1. The van der Waals surface area contributed by atoms with E-state index < -0.39 is 10.0 Å². The molecule has 0 bridgehead atoms. The van der Waals surface area contributed by atoms with Crippen molar-refractivity contribution in [3.8, 4) is 0 Å². The SMILES string of the molecule is Cc1nnc(C2CCN(S(=O)(=O)c3ccc4c(c3)CC(=O)N4)CC2)o1. The zero-order valence-electron chi connectivity index (χ0n) is 13.7. The molecule has 0 spiro atoms. The standard InChI is InChI=1S/C16H18N4O4S/c1-10-18-19-16(24-10)11-4-6-20(7-5-11)25(22,23)13-2-3-14-12(8-13)9-15(21)17-14/h2-3,8,11H,4-7,9H2,1H3,(H,17,21). The summed E-state index contributed by atoms with van der Waals surface area (Å²) in [5.74, 6) is 1.08. The molecule has 1 amide bonds. The molecular weight excluding hydrogens is 344 g/mol. The minimum Gasteiger partial charge on any atom is -0.425 e. The summed E-state index contributed by atoms with van der Waals surface area (Å²) in [4.78, 5) is 11.7. The van der Waals surface area contributed by atoms with Gasteiger partial charge in [-0.1, -0.05) is 0 Å². The monoisotopic (exact) mass is 362 g/mol. The van der Waals surface area contributed by atoms with E-state index in [1.54, 1.807) is 25.1 Å². The van der Waals surface area contributed by atoms with E-state index in [0.29, 0.717) is 43.4 Å². The van der Waals surface area contributed by atoms with Gasteiger partial charge in [0, 0.05) is 31.6 Å². The van der Waals surface area contributed by atoms with Crippen molar-refractivity contribution in [2.75, 3.05) is 18.4 Å². The number of amides is 1. The predicted molar refractivity (Wildman–Crippen MR) is 88.5 cm³/mol. The minimum absolute atomic E-state index is 0.0921. The summed E-state index contributed by atoms with van der Waals surface area (Å²) in [5, 5.41) is 10.6. The number of aryl methyl sites for hydroxylation is 1. The van der Waals surface area contributed by atoms with E-state index in [0.717, 1.165) is 5.56 Å². The molecule has 1 aromatic heterocycles. The highest BCUT2D eigenvalue weighted by Crippen LogP contribution is 2.32. The van der Waals surface area contributed by atoms with E-state index in [4.69, 9.17) is 4.42 Å². The Morgan fingerprint density at radius 2 is 2.00 bits per heavy atom. The Balaban J connectivity index is 1.50. The average Bonchev–Trinajstić information content (AvgIpc) is 3.18. The highest BCUT2D eigenvalue weighted by molar-refractivity contribution is 7.89. The zero-order chi connectivity index (χ0) is 17.6. The number of rotatable bonds is 3. The first-order valence-electron chi connectivity index (χ1n) is 8.16. The van der Waals surface area contributed by atoms with Crippen LogP contribution in [-0.4, -0.2) is 41.9 Å². The Morgan fingerprint density at radius 1 is 1.24 bits per heavy atom. The number of aromatic nitrogens is 2. The topological polar surface area (TPSA) is 105 Å². The van der Waals surface area contributed by atoms with Crippen LogP contribution in [0.5, 0.6) is 0 Å². The fraction of sp³-hybridized carbons (Fsp3) is 0.438. The molecule has 0 aliphatic carbocycles. The van der Waals surface area contributed by atoms with E-state index >= 15 is 0 Å². The second kappa shape index (κ2) is 5.92. The van der Waals surface area contributed by atoms with E-state index in [1.807, 2.05) is 0 Å². The van der Waals surface area contributed by atoms with Gasteiger partial charge in [0.1, 0.15) is 0 Å². The maximum absolute atomic E-state index is 12.9. The van der Waals surface area contributed by atoms with Crippen molar-refractivity contribution >= 4 is 21.6 Å². The van der Waals surface area contributed by atoms with Crippen LogP contribution in [0, 0.1) is 6.92 Å². The Kier molecular flexibility index (Phi) is 3.84. The minimum atomic E-state index is -3.57.